The van der Waals surface area contributed by atoms with Crippen LogP contribution >= 0.6 is 0 Å². The Bertz CT molecular complexity index is 699. The maximum atomic E-state index is 12.5. The van der Waals surface area contributed by atoms with Crippen LogP contribution < -0.4 is 5.32 Å². The molecule has 1 N–H and O–H groups in total. The number of likely N-dealkylation sites (tertiary alicyclic amines) is 1. The zero-order chi connectivity index (χ0) is 17.7. The topological polar surface area (TPSA) is 45.2 Å². The largest absolute Gasteiger partial charge is 0.354 e. The molecule has 3 rings (SSSR count). The number of aromatic nitrogens is 1. The van der Waals surface area contributed by atoms with E-state index in [1.165, 1.54) is 5.56 Å². The number of nitrogens with one attached hydrogen (secondary N) is 1. The van der Waals surface area contributed by atoms with Crippen molar-refractivity contribution in [1.29, 1.82) is 0 Å². The summed E-state index contributed by atoms with van der Waals surface area (Å²) in [6.45, 7) is 6.75. The summed E-state index contributed by atoms with van der Waals surface area (Å²) in [6, 6.07) is 14.4. The van der Waals surface area contributed by atoms with Crippen LogP contribution in [-0.2, 0) is 11.3 Å². The van der Waals surface area contributed by atoms with E-state index in [9.17, 15) is 4.79 Å². The van der Waals surface area contributed by atoms with Crippen molar-refractivity contribution >= 4 is 5.91 Å². The molecule has 1 fully saturated rings. The molecule has 25 heavy (non-hydrogen) atoms. The molecule has 1 amide bonds. The number of hydrogen-bond acceptors (Lipinski definition) is 3. The Kier molecular flexibility index (Phi) is 5.49. The van der Waals surface area contributed by atoms with Crippen LogP contribution in [0.3, 0.4) is 0 Å². The molecular weight excluding hydrogens is 310 g/mol. The van der Waals surface area contributed by atoms with Crippen molar-refractivity contribution in [2.24, 2.45) is 0 Å². The molecule has 4 heteroatoms. The van der Waals surface area contributed by atoms with Gasteiger partial charge in [0, 0.05) is 31.4 Å². The number of carbonyl (C=O) groups is 1. The number of nitrogens with zero attached hydrogens (tertiary/aromatic N) is 2. The summed E-state index contributed by atoms with van der Waals surface area (Å²) in [6.07, 6.45) is 4.88. The smallest absolute Gasteiger partial charge is 0.240 e. The average molecular weight is 337 g/mol. The van der Waals surface area contributed by atoms with Gasteiger partial charge in [0.15, 0.2) is 0 Å². The lowest BCUT2D eigenvalue weighted by Gasteiger charge is -2.49. The lowest BCUT2D eigenvalue weighted by molar-refractivity contribution is -0.141. The third kappa shape index (κ3) is 3.90. The number of carbonyl (C=O) groups excluding carboxylic acids is 1. The fourth-order valence-electron chi connectivity index (χ4n) is 3.22. The Morgan fingerprint density at radius 1 is 1.24 bits per heavy atom. The second-order valence-electron chi connectivity index (χ2n) is 6.97. The highest BCUT2D eigenvalue weighted by molar-refractivity contribution is 5.86. The molecule has 2 heterocycles. The molecule has 0 bridgehead atoms. The summed E-state index contributed by atoms with van der Waals surface area (Å²) in [5.41, 5.74) is 2.96. The predicted octanol–water partition coefficient (Wildman–Crippen LogP) is 3.63. The van der Waals surface area contributed by atoms with E-state index in [1.54, 1.807) is 0 Å². The lowest BCUT2D eigenvalue weighted by atomic mass is 9.85. The minimum absolute atomic E-state index is 0.164. The van der Waals surface area contributed by atoms with Gasteiger partial charge in [-0.3, -0.25) is 14.7 Å². The van der Waals surface area contributed by atoms with Gasteiger partial charge in [0.05, 0.1) is 11.2 Å². The summed E-state index contributed by atoms with van der Waals surface area (Å²) in [7, 11) is 0. The molecule has 4 nitrogen and oxygen atoms in total. The average Bonchev–Trinajstić information content (AvgIpc) is 2.66. The van der Waals surface area contributed by atoms with Crippen molar-refractivity contribution in [3.63, 3.8) is 0 Å². The fraction of sp³-hybridized carbons (Fsp3) is 0.429. The number of rotatable bonds is 7. The van der Waals surface area contributed by atoms with Crippen LogP contribution in [0.25, 0.3) is 11.3 Å². The lowest BCUT2D eigenvalue weighted by Crippen LogP contribution is -2.65. The maximum Gasteiger partial charge on any atom is 0.240 e. The van der Waals surface area contributed by atoms with Gasteiger partial charge in [-0.1, -0.05) is 43.7 Å². The molecular formula is C21H27N3O. The van der Waals surface area contributed by atoms with E-state index in [2.05, 4.69) is 53.3 Å². The van der Waals surface area contributed by atoms with E-state index >= 15 is 0 Å². The molecule has 1 aromatic heterocycles. The molecule has 0 spiro atoms. The van der Waals surface area contributed by atoms with Crippen LogP contribution in [0.4, 0.5) is 0 Å². The maximum absolute atomic E-state index is 12.5. The second-order valence-corrected chi connectivity index (χ2v) is 6.97. The van der Waals surface area contributed by atoms with E-state index < -0.39 is 0 Å². The molecule has 1 atom stereocenters. The SMILES string of the molecule is CCCCNC(=O)C1(C)CCN1Cc1ccc(-c2ccccn2)cc1. The zero-order valence-electron chi connectivity index (χ0n) is 15.2. The van der Waals surface area contributed by atoms with E-state index in [1.807, 2.05) is 24.4 Å². The van der Waals surface area contributed by atoms with Crippen molar-refractivity contribution in [2.45, 2.75) is 45.2 Å². The molecule has 132 valence electrons. The molecule has 1 aliphatic heterocycles. The van der Waals surface area contributed by atoms with E-state index in [0.29, 0.717) is 0 Å². The number of amides is 1. The quantitative estimate of drug-likeness (QED) is 0.785. The van der Waals surface area contributed by atoms with Gasteiger partial charge in [-0.05, 0) is 37.5 Å². The first-order valence-electron chi connectivity index (χ1n) is 9.17. The number of unbranched alkanes of at least 4 members (excludes halogenated alkanes) is 1. The summed E-state index contributed by atoms with van der Waals surface area (Å²) in [5.74, 6) is 0.164. The molecule has 0 aliphatic carbocycles. The van der Waals surface area contributed by atoms with E-state index in [4.69, 9.17) is 0 Å². The molecule has 1 saturated heterocycles. The summed E-state index contributed by atoms with van der Waals surface area (Å²) >= 11 is 0. The van der Waals surface area contributed by atoms with Crippen LogP contribution in [0.15, 0.2) is 48.7 Å². The molecule has 1 unspecified atom stereocenters. The highest BCUT2D eigenvalue weighted by Gasteiger charge is 2.46. The fourth-order valence-corrected chi connectivity index (χ4v) is 3.22. The van der Waals surface area contributed by atoms with E-state index in [0.717, 1.165) is 50.2 Å². The summed E-state index contributed by atoms with van der Waals surface area (Å²) in [4.78, 5) is 19.2. The Morgan fingerprint density at radius 3 is 2.64 bits per heavy atom. The van der Waals surface area contributed by atoms with Gasteiger partial charge in [-0.25, -0.2) is 0 Å². The Balaban J connectivity index is 1.61. The molecule has 0 saturated carbocycles. The molecule has 1 aliphatic rings. The predicted molar refractivity (Wildman–Crippen MR) is 101 cm³/mol. The normalized spacial score (nSPS) is 20.1. The zero-order valence-corrected chi connectivity index (χ0v) is 15.2. The highest BCUT2D eigenvalue weighted by atomic mass is 16.2. The standard InChI is InChI=1S/C21H27N3O/c1-3-4-13-23-20(25)21(2)12-15-24(21)16-17-8-10-18(11-9-17)19-7-5-6-14-22-19/h5-11,14H,3-4,12-13,15-16H2,1-2H3,(H,23,25). The number of benzene rings is 1. The molecule has 2 aromatic rings. The van der Waals surface area contributed by atoms with Gasteiger partial charge < -0.3 is 5.32 Å². The van der Waals surface area contributed by atoms with Gasteiger partial charge in [-0.2, -0.15) is 0 Å². The Labute approximate surface area is 150 Å². The first-order chi connectivity index (χ1) is 12.1. The number of hydrogen-bond donors (Lipinski definition) is 1. The molecule has 0 radical (unpaired) electrons. The highest BCUT2D eigenvalue weighted by Crippen LogP contribution is 2.32. The van der Waals surface area contributed by atoms with Gasteiger partial charge in [0.1, 0.15) is 0 Å². The van der Waals surface area contributed by atoms with Crippen molar-refractivity contribution < 1.29 is 4.79 Å². The first-order valence-corrected chi connectivity index (χ1v) is 9.17. The van der Waals surface area contributed by atoms with Crippen molar-refractivity contribution in [3.8, 4) is 11.3 Å². The Morgan fingerprint density at radius 2 is 2.04 bits per heavy atom. The van der Waals surface area contributed by atoms with Crippen LogP contribution in [0.1, 0.15) is 38.7 Å². The number of pyridine rings is 1. The second kappa shape index (κ2) is 7.79. The summed E-state index contributed by atoms with van der Waals surface area (Å²) in [5, 5.41) is 3.08. The minimum Gasteiger partial charge on any atom is -0.354 e. The van der Waals surface area contributed by atoms with Crippen LogP contribution in [0, 0.1) is 0 Å². The van der Waals surface area contributed by atoms with Crippen LogP contribution in [0.5, 0.6) is 0 Å². The van der Waals surface area contributed by atoms with Gasteiger partial charge in [0.25, 0.3) is 0 Å². The van der Waals surface area contributed by atoms with Crippen LogP contribution in [-0.4, -0.2) is 34.4 Å². The van der Waals surface area contributed by atoms with Crippen molar-refractivity contribution in [3.05, 3.63) is 54.2 Å². The molecule has 1 aromatic carbocycles. The van der Waals surface area contributed by atoms with Crippen molar-refractivity contribution in [1.82, 2.24) is 15.2 Å². The van der Waals surface area contributed by atoms with Crippen LogP contribution in [0.2, 0.25) is 0 Å². The monoisotopic (exact) mass is 337 g/mol. The van der Waals surface area contributed by atoms with Gasteiger partial charge >= 0.3 is 0 Å². The van der Waals surface area contributed by atoms with Gasteiger partial charge in [-0.15, -0.1) is 0 Å². The third-order valence-electron chi connectivity index (χ3n) is 5.16. The minimum atomic E-state index is -0.368. The summed E-state index contributed by atoms with van der Waals surface area (Å²) < 4.78 is 0. The van der Waals surface area contributed by atoms with Gasteiger partial charge in [0.2, 0.25) is 5.91 Å². The van der Waals surface area contributed by atoms with Crippen molar-refractivity contribution in [2.75, 3.05) is 13.1 Å². The third-order valence-corrected chi connectivity index (χ3v) is 5.16. The Hall–Kier alpha value is -2.20. The first kappa shape index (κ1) is 17.6. The van der Waals surface area contributed by atoms with E-state index in [-0.39, 0.29) is 11.4 Å².